The average molecular weight is 544 g/mol. The molecule has 2 heterocycles. The summed E-state index contributed by atoms with van der Waals surface area (Å²) in [4.78, 5) is 32.3. The van der Waals surface area contributed by atoms with E-state index < -0.39 is 53.5 Å². The fourth-order valence-electron chi connectivity index (χ4n) is 5.38. The smallest absolute Gasteiger partial charge is 0.408 e. The molecule has 3 atom stereocenters. The Balaban J connectivity index is 1.65. The Morgan fingerprint density at radius 2 is 1.82 bits per heavy atom. The number of nitrogens with zero attached hydrogens (tertiary/aromatic N) is 1. The number of aromatic nitrogens is 2. The topological polar surface area (TPSA) is 103 Å². The number of aromatic amines is 1. The molecule has 0 spiro atoms. The van der Waals surface area contributed by atoms with Crippen LogP contribution >= 0.6 is 0 Å². The third-order valence-corrected chi connectivity index (χ3v) is 7.30. The van der Waals surface area contributed by atoms with E-state index in [1.54, 1.807) is 32.9 Å². The van der Waals surface area contributed by atoms with E-state index in [1.165, 1.54) is 7.11 Å². The van der Waals surface area contributed by atoms with Gasteiger partial charge in [-0.3, -0.25) is 4.79 Å². The van der Waals surface area contributed by atoms with Crippen LogP contribution in [0.15, 0.2) is 12.1 Å². The zero-order valence-corrected chi connectivity index (χ0v) is 21.8. The Labute approximate surface area is 217 Å². The quantitative estimate of drug-likeness (QED) is 0.379. The number of H-pyrrole nitrogens is 1. The molecule has 210 valence electrons. The van der Waals surface area contributed by atoms with Gasteiger partial charge in [0.05, 0.1) is 43.7 Å². The van der Waals surface area contributed by atoms with Crippen molar-refractivity contribution in [2.75, 3.05) is 20.3 Å². The summed E-state index contributed by atoms with van der Waals surface area (Å²) in [6.07, 6.45) is -4.76. The number of methoxy groups -OCH3 is 1. The van der Waals surface area contributed by atoms with Crippen molar-refractivity contribution in [2.24, 2.45) is 17.8 Å². The summed E-state index contributed by atoms with van der Waals surface area (Å²) in [6.45, 7) is 5.35. The SMILES string of the molecule is COC(=O)C1COCC1c1ccc2[nH]c(C(NC(=O)OC(C)(C)C)C3CCC(C(F)(F)F)CC3)nc2c1F. The van der Waals surface area contributed by atoms with Gasteiger partial charge < -0.3 is 24.5 Å². The monoisotopic (exact) mass is 543 g/mol. The molecule has 2 N–H and O–H groups in total. The van der Waals surface area contributed by atoms with Gasteiger partial charge in [-0.1, -0.05) is 6.07 Å². The van der Waals surface area contributed by atoms with Crippen molar-refractivity contribution in [3.8, 4) is 0 Å². The van der Waals surface area contributed by atoms with Crippen LogP contribution in [0.4, 0.5) is 22.4 Å². The van der Waals surface area contributed by atoms with Crippen molar-refractivity contribution in [1.29, 1.82) is 0 Å². The Kier molecular flexibility index (Phi) is 7.92. The van der Waals surface area contributed by atoms with E-state index >= 15 is 4.39 Å². The van der Waals surface area contributed by atoms with E-state index in [0.717, 1.165) is 0 Å². The molecule has 1 saturated carbocycles. The molecule has 1 saturated heterocycles. The summed E-state index contributed by atoms with van der Waals surface area (Å²) in [5.41, 5.74) is -0.176. The maximum Gasteiger partial charge on any atom is 0.408 e. The molecule has 12 heteroatoms. The normalized spacial score (nSPS) is 25.3. The number of imidazole rings is 1. The van der Waals surface area contributed by atoms with Crippen LogP contribution in [0.2, 0.25) is 0 Å². The maximum absolute atomic E-state index is 15.7. The molecule has 1 amide bonds. The molecule has 3 unspecified atom stereocenters. The third-order valence-electron chi connectivity index (χ3n) is 7.30. The molecule has 8 nitrogen and oxygen atoms in total. The lowest BCUT2D eigenvalue weighted by molar-refractivity contribution is -0.184. The highest BCUT2D eigenvalue weighted by molar-refractivity contribution is 5.79. The highest BCUT2D eigenvalue weighted by atomic mass is 19.4. The molecule has 2 aromatic rings. The highest BCUT2D eigenvalue weighted by Crippen LogP contribution is 2.43. The number of esters is 1. The van der Waals surface area contributed by atoms with E-state index in [1.807, 2.05) is 0 Å². The summed E-state index contributed by atoms with van der Waals surface area (Å²) < 4.78 is 71.1. The zero-order chi connectivity index (χ0) is 27.8. The zero-order valence-electron chi connectivity index (χ0n) is 21.8. The van der Waals surface area contributed by atoms with Crippen LogP contribution in [0.25, 0.3) is 11.0 Å². The van der Waals surface area contributed by atoms with Crippen LogP contribution < -0.4 is 5.32 Å². The van der Waals surface area contributed by atoms with Gasteiger partial charge in [-0.15, -0.1) is 0 Å². The van der Waals surface area contributed by atoms with E-state index in [-0.39, 0.29) is 61.7 Å². The van der Waals surface area contributed by atoms with Crippen LogP contribution in [0, 0.1) is 23.6 Å². The number of ether oxygens (including phenoxy) is 3. The number of alkyl halides is 3. The number of fused-ring (bicyclic) bond motifs is 1. The second-order valence-electron chi connectivity index (χ2n) is 11.0. The molecule has 1 aliphatic heterocycles. The van der Waals surface area contributed by atoms with Gasteiger partial charge in [0, 0.05) is 5.92 Å². The fourth-order valence-corrected chi connectivity index (χ4v) is 5.38. The number of nitrogens with one attached hydrogen (secondary N) is 2. The molecule has 1 aromatic carbocycles. The van der Waals surface area contributed by atoms with Gasteiger partial charge in [0.15, 0.2) is 5.82 Å². The second-order valence-corrected chi connectivity index (χ2v) is 11.0. The molecule has 1 aliphatic carbocycles. The molecule has 38 heavy (non-hydrogen) atoms. The number of rotatable bonds is 5. The summed E-state index contributed by atoms with van der Waals surface area (Å²) in [6, 6.07) is 2.37. The number of carbonyl (C=O) groups excluding carboxylic acids is 2. The molecule has 0 bridgehead atoms. The summed E-state index contributed by atoms with van der Waals surface area (Å²) in [5, 5.41) is 2.75. The predicted molar refractivity (Wildman–Crippen MR) is 129 cm³/mol. The van der Waals surface area contributed by atoms with Crippen LogP contribution in [0.1, 0.15) is 69.8 Å². The van der Waals surface area contributed by atoms with Crippen molar-refractivity contribution in [2.45, 2.75) is 70.2 Å². The number of carbonyl (C=O) groups is 2. The van der Waals surface area contributed by atoms with Gasteiger partial charge in [0.2, 0.25) is 0 Å². The van der Waals surface area contributed by atoms with Gasteiger partial charge in [-0.25, -0.2) is 14.2 Å². The lowest BCUT2D eigenvalue weighted by atomic mass is 9.78. The highest BCUT2D eigenvalue weighted by Gasteiger charge is 2.44. The van der Waals surface area contributed by atoms with Gasteiger partial charge in [-0.2, -0.15) is 13.2 Å². The van der Waals surface area contributed by atoms with E-state index in [4.69, 9.17) is 14.2 Å². The number of benzene rings is 1. The minimum atomic E-state index is -4.27. The maximum atomic E-state index is 15.7. The summed E-state index contributed by atoms with van der Waals surface area (Å²) in [7, 11) is 1.26. The number of amides is 1. The van der Waals surface area contributed by atoms with E-state index in [2.05, 4.69) is 15.3 Å². The molecular formula is C26H33F4N3O5. The van der Waals surface area contributed by atoms with Crippen molar-refractivity contribution in [3.05, 3.63) is 29.3 Å². The molecule has 2 aliphatic rings. The fraction of sp³-hybridized carbons (Fsp3) is 0.654. The predicted octanol–water partition coefficient (Wildman–Crippen LogP) is 5.54. The number of alkyl carbamates (subject to hydrolysis) is 1. The van der Waals surface area contributed by atoms with Crippen LogP contribution in [0.5, 0.6) is 0 Å². The first-order valence-corrected chi connectivity index (χ1v) is 12.7. The van der Waals surface area contributed by atoms with Crippen LogP contribution in [-0.4, -0.2) is 54.1 Å². The van der Waals surface area contributed by atoms with E-state index in [9.17, 15) is 22.8 Å². The molecule has 0 radical (unpaired) electrons. The lowest BCUT2D eigenvalue weighted by Crippen LogP contribution is -2.40. The first kappa shape index (κ1) is 28.1. The van der Waals surface area contributed by atoms with Gasteiger partial charge in [0.1, 0.15) is 16.9 Å². The number of hydrogen-bond donors (Lipinski definition) is 2. The van der Waals surface area contributed by atoms with Gasteiger partial charge >= 0.3 is 18.2 Å². The molecular weight excluding hydrogens is 510 g/mol. The van der Waals surface area contributed by atoms with Crippen molar-refractivity contribution < 1.29 is 41.4 Å². The Morgan fingerprint density at radius 1 is 1.13 bits per heavy atom. The second kappa shape index (κ2) is 10.7. The van der Waals surface area contributed by atoms with E-state index in [0.29, 0.717) is 5.52 Å². The summed E-state index contributed by atoms with van der Waals surface area (Å²) in [5.74, 6) is -3.87. The molecule has 4 rings (SSSR count). The summed E-state index contributed by atoms with van der Waals surface area (Å²) >= 11 is 0. The molecule has 2 fully saturated rings. The Morgan fingerprint density at radius 3 is 2.42 bits per heavy atom. The Bertz CT molecular complexity index is 1170. The largest absolute Gasteiger partial charge is 0.469 e. The van der Waals surface area contributed by atoms with Gasteiger partial charge in [0.25, 0.3) is 0 Å². The van der Waals surface area contributed by atoms with Crippen LogP contribution in [0.3, 0.4) is 0 Å². The van der Waals surface area contributed by atoms with Crippen LogP contribution in [-0.2, 0) is 19.0 Å². The first-order valence-electron chi connectivity index (χ1n) is 12.7. The van der Waals surface area contributed by atoms with Crippen molar-refractivity contribution in [1.82, 2.24) is 15.3 Å². The van der Waals surface area contributed by atoms with Crippen molar-refractivity contribution in [3.63, 3.8) is 0 Å². The first-order chi connectivity index (χ1) is 17.8. The minimum Gasteiger partial charge on any atom is -0.469 e. The molecule has 1 aromatic heterocycles. The third kappa shape index (κ3) is 6.05. The number of halogens is 4. The Hall–Kier alpha value is -2.89. The van der Waals surface area contributed by atoms with Gasteiger partial charge in [-0.05, 0) is 64.0 Å². The minimum absolute atomic E-state index is 0.00739. The average Bonchev–Trinajstić information content (AvgIpc) is 3.49. The van der Waals surface area contributed by atoms with Crippen molar-refractivity contribution >= 4 is 23.1 Å². The standard InChI is InChI=1S/C26H33F4N3O5/c1-25(2,3)38-24(35)33-20(13-5-7-14(8-6-13)26(28,29)30)22-31-18-10-9-15(19(27)21(18)32-22)16-11-37-12-17(16)23(34)36-4/h9-10,13-14,16-17,20H,5-8,11-12H2,1-4H3,(H,31,32)(H,33,35). The number of hydrogen-bond acceptors (Lipinski definition) is 6. The lowest BCUT2D eigenvalue weighted by Gasteiger charge is -2.34.